The van der Waals surface area contributed by atoms with E-state index in [-0.39, 0.29) is 23.9 Å². The summed E-state index contributed by atoms with van der Waals surface area (Å²) in [6, 6.07) is 12.9. The predicted molar refractivity (Wildman–Crippen MR) is 138 cm³/mol. The minimum absolute atomic E-state index is 0.0744. The van der Waals surface area contributed by atoms with Crippen LogP contribution in [0.15, 0.2) is 42.5 Å². The molecule has 1 N–H and O–H groups in total. The molecule has 1 aliphatic carbocycles. The number of likely N-dealkylation sites (tertiary alicyclic amines) is 1. The van der Waals surface area contributed by atoms with E-state index in [1.165, 1.54) is 11.3 Å². The maximum absolute atomic E-state index is 13.9. The topological polar surface area (TPSA) is 80.8 Å². The Morgan fingerprint density at radius 2 is 2.00 bits per heavy atom. The Balaban J connectivity index is 1.24. The number of carbonyl (C=O) groups is 2. The molecule has 186 valence electrons. The number of rotatable bonds is 5. The van der Waals surface area contributed by atoms with Crippen molar-refractivity contribution in [3.8, 4) is 21.9 Å². The zero-order chi connectivity index (χ0) is 24.8. The summed E-state index contributed by atoms with van der Waals surface area (Å²) in [5.41, 5.74) is 1.81. The minimum atomic E-state index is -0.225. The molecule has 3 heterocycles. The Hall–Kier alpha value is -3.10. The Bertz CT molecular complexity index is 1340. The molecular weight excluding hydrogens is 498 g/mol. The molecule has 0 spiro atoms. The third-order valence-corrected chi connectivity index (χ3v) is 8.54. The van der Waals surface area contributed by atoms with Gasteiger partial charge < -0.3 is 19.7 Å². The van der Waals surface area contributed by atoms with E-state index in [0.717, 1.165) is 34.7 Å². The second-order valence-electron chi connectivity index (χ2n) is 9.47. The van der Waals surface area contributed by atoms with Crippen molar-refractivity contribution in [2.75, 3.05) is 19.8 Å². The highest BCUT2D eigenvalue weighted by atomic mass is 35.5. The van der Waals surface area contributed by atoms with Gasteiger partial charge in [0.15, 0.2) is 11.5 Å². The van der Waals surface area contributed by atoms with Crippen molar-refractivity contribution in [1.29, 1.82) is 0 Å². The van der Waals surface area contributed by atoms with Crippen LogP contribution in [0, 0.1) is 12.8 Å². The van der Waals surface area contributed by atoms with Crippen LogP contribution in [0.3, 0.4) is 0 Å². The van der Waals surface area contributed by atoms with Gasteiger partial charge in [0.05, 0.1) is 21.5 Å². The lowest BCUT2D eigenvalue weighted by atomic mass is 9.97. The molecule has 6 rings (SSSR count). The fourth-order valence-corrected chi connectivity index (χ4v) is 6.83. The molecule has 0 unspecified atom stereocenters. The van der Waals surface area contributed by atoms with Crippen LogP contribution in [0.5, 0.6) is 11.5 Å². The Kier molecular flexibility index (Phi) is 6.09. The highest BCUT2D eigenvalue weighted by molar-refractivity contribution is 7.15. The number of nitrogens with zero attached hydrogens (tertiary/aromatic N) is 2. The van der Waals surface area contributed by atoms with Gasteiger partial charge in [0.2, 0.25) is 0 Å². The Morgan fingerprint density at radius 1 is 1.17 bits per heavy atom. The molecule has 3 aromatic rings. The fraction of sp³-hybridized carbons (Fsp3) is 0.370. The van der Waals surface area contributed by atoms with E-state index in [2.05, 4.69) is 10.3 Å². The first-order chi connectivity index (χ1) is 17.5. The number of hydrogen-bond acceptors (Lipinski definition) is 6. The third kappa shape index (κ3) is 4.12. The highest BCUT2D eigenvalue weighted by Gasteiger charge is 2.49. The van der Waals surface area contributed by atoms with Crippen LogP contribution in [0.4, 0.5) is 0 Å². The van der Waals surface area contributed by atoms with Crippen LogP contribution in [0.1, 0.15) is 45.1 Å². The number of hydrogen-bond donors (Lipinski definition) is 1. The van der Waals surface area contributed by atoms with Crippen molar-refractivity contribution < 1.29 is 19.1 Å². The zero-order valence-electron chi connectivity index (χ0n) is 19.8. The van der Waals surface area contributed by atoms with Gasteiger partial charge in [-0.1, -0.05) is 29.8 Å². The fourth-order valence-electron chi connectivity index (χ4n) is 5.74. The van der Waals surface area contributed by atoms with Gasteiger partial charge in [0.1, 0.15) is 18.9 Å². The van der Waals surface area contributed by atoms with Crippen molar-refractivity contribution in [2.45, 2.75) is 38.3 Å². The minimum Gasteiger partial charge on any atom is -0.486 e. The first-order valence-corrected chi connectivity index (χ1v) is 13.4. The summed E-state index contributed by atoms with van der Waals surface area (Å²) in [5, 5.41) is 4.52. The highest BCUT2D eigenvalue weighted by Crippen LogP contribution is 2.44. The number of piperidine rings is 1. The lowest BCUT2D eigenvalue weighted by Gasteiger charge is -2.35. The molecule has 1 saturated heterocycles. The van der Waals surface area contributed by atoms with E-state index >= 15 is 0 Å². The molecule has 0 radical (unpaired) electrons. The van der Waals surface area contributed by atoms with Crippen LogP contribution < -0.4 is 14.8 Å². The van der Waals surface area contributed by atoms with E-state index in [1.807, 2.05) is 36.1 Å². The molecule has 3 aliphatic rings. The molecular formula is C27H26ClN3O4S. The second kappa shape index (κ2) is 9.41. The molecule has 2 fully saturated rings. The molecule has 36 heavy (non-hydrogen) atoms. The number of para-hydroxylation sites is 1. The summed E-state index contributed by atoms with van der Waals surface area (Å²) < 4.78 is 11.3. The lowest BCUT2D eigenvalue weighted by Crippen LogP contribution is -2.50. The number of benzene rings is 2. The quantitative estimate of drug-likeness (QED) is 0.511. The largest absolute Gasteiger partial charge is 0.486 e. The Labute approximate surface area is 218 Å². The summed E-state index contributed by atoms with van der Waals surface area (Å²) in [6.07, 6.45) is 3.00. The van der Waals surface area contributed by atoms with Gasteiger partial charge in [-0.25, -0.2) is 4.98 Å². The summed E-state index contributed by atoms with van der Waals surface area (Å²) in [7, 11) is 0. The summed E-state index contributed by atoms with van der Waals surface area (Å²) in [5.74, 6) is 1.12. The monoisotopic (exact) mass is 523 g/mol. The number of ether oxygens (including phenoxy) is 2. The lowest BCUT2D eigenvalue weighted by molar-refractivity contribution is 0.0577. The van der Waals surface area contributed by atoms with E-state index in [0.29, 0.717) is 53.5 Å². The van der Waals surface area contributed by atoms with E-state index in [1.54, 1.807) is 18.2 Å². The number of thiazole rings is 1. The predicted octanol–water partition coefficient (Wildman–Crippen LogP) is 4.97. The average Bonchev–Trinajstić information content (AvgIpc) is 3.61. The van der Waals surface area contributed by atoms with Crippen molar-refractivity contribution in [1.82, 2.24) is 15.2 Å². The van der Waals surface area contributed by atoms with Gasteiger partial charge in [-0.2, -0.15) is 0 Å². The molecule has 2 aliphatic heterocycles. The standard InChI is InChI=1S/C27H26ClN3O4S/c1-15-30-23(25(36-15)17-4-2-5-18(28)12-17)27(33)31-19-9-8-16(13-19)21(31)14-29-26(32)20-6-3-7-22-24(20)35-11-10-34-22/h2-7,12,16,19,21H,8-11,13-14H2,1H3,(H,29,32)/t16-,19+,21+/m0/s1. The average molecular weight is 524 g/mol. The van der Waals surface area contributed by atoms with Crippen molar-refractivity contribution in [3.05, 3.63) is 63.8 Å². The van der Waals surface area contributed by atoms with Crippen molar-refractivity contribution >= 4 is 34.8 Å². The Morgan fingerprint density at radius 3 is 2.86 bits per heavy atom. The van der Waals surface area contributed by atoms with E-state index < -0.39 is 0 Å². The number of aryl methyl sites for hydroxylation is 1. The van der Waals surface area contributed by atoms with Gasteiger partial charge in [0, 0.05) is 17.6 Å². The number of aromatic nitrogens is 1. The van der Waals surface area contributed by atoms with Crippen LogP contribution in [-0.4, -0.2) is 53.5 Å². The molecule has 1 aromatic heterocycles. The van der Waals surface area contributed by atoms with Crippen molar-refractivity contribution in [2.24, 2.45) is 5.92 Å². The first kappa shape index (κ1) is 23.3. The maximum atomic E-state index is 13.9. The molecule has 2 aromatic carbocycles. The molecule has 2 amide bonds. The van der Waals surface area contributed by atoms with Gasteiger partial charge in [-0.3, -0.25) is 9.59 Å². The van der Waals surface area contributed by atoms with Crippen molar-refractivity contribution in [3.63, 3.8) is 0 Å². The van der Waals surface area contributed by atoms with E-state index in [9.17, 15) is 9.59 Å². The molecule has 1 saturated carbocycles. The van der Waals surface area contributed by atoms with E-state index in [4.69, 9.17) is 21.1 Å². The smallest absolute Gasteiger partial charge is 0.274 e. The van der Waals surface area contributed by atoms with Gasteiger partial charge in [-0.05, 0) is 61.9 Å². The number of nitrogens with one attached hydrogen (secondary N) is 1. The molecule has 9 heteroatoms. The summed E-state index contributed by atoms with van der Waals surface area (Å²) >= 11 is 7.73. The van der Waals surface area contributed by atoms with Crippen LogP contribution in [-0.2, 0) is 0 Å². The van der Waals surface area contributed by atoms with Gasteiger partial charge in [0.25, 0.3) is 11.8 Å². The number of halogens is 1. The molecule has 2 bridgehead atoms. The molecule has 7 nitrogen and oxygen atoms in total. The first-order valence-electron chi connectivity index (χ1n) is 12.2. The van der Waals surface area contributed by atoms with Crippen LogP contribution in [0.2, 0.25) is 5.02 Å². The second-order valence-corrected chi connectivity index (χ2v) is 11.1. The SMILES string of the molecule is Cc1nc(C(=O)N2[C@@H]3CC[C@@H](C3)[C@H]2CNC(=O)c2cccc3c2OCCO3)c(-c2cccc(Cl)c2)s1. The molecule has 3 atom stereocenters. The summed E-state index contributed by atoms with van der Waals surface area (Å²) in [6.45, 7) is 3.17. The number of fused-ring (bicyclic) bond motifs is 3. The van der Waals surface area contributed by atoms with Gasteiger partial charge >= 0.3 is 0 Å². The van der Waals surface area contributed by atoms with Crippen LogP contribution in [0.25, 0.3) is 10.4 Å². The van der Waals surface area contributed by atoms with Gasteiger partial charge in [-0.15, -0.1) is 11.3 Å². The van der Waals surface area contributed by atoms with Crippen LogP contribution >= 0.6 is 22.9 Å². The zero-order valence-corrected chi connectivity index (χ0v) is 21.4. The third-order valence-electron chi connectivity index (χ3n) is 7.28. The number of carbonyl (C=O) groups excluding carboxylic acids is 2. The maximum Gasteiger partial charge on any atom is 0.274 e. The summed E-state index contributed by atoms with van der Waals surface area (Å²) in [4.78, 5) is 34.5. The number of amides is 2. The normalized spacial score (nSPS) is 22.1.